The summed E-state index contributed by atoms with van der Waals surface area (Å²) in [5.41, 5.74) is -0.385. The van der Waals surface area contributed by atoms with E-state index in [1.807, 2.05) is 0 Å². The van der Waals surface area contributed by atoms with Crippen LogP contribution < -0.4 is 4.18 Å². The lowest BCUT2D eigenvalue weighted by Crippen LogP contribution is -2.63. The molecule has 0 radical (unpaired) electrons. The minimum Gasteiger partial charge on any atom is -0.377 e. The van der Waals surface area contributed by atoms with E-state index in [1.54, 1.807) is 0 Å². The molecule has 0 atom stereocenters. The number of hydrogen-bond acceptors (Lipinski definition) is 3. The van der Waals surface area contributed by atoms with E-state index < -0.39 is 39.1 Å². The molecule has 0 amide bonds. The number of halogens is 10. The second-order valence-electron chi connectivity index (χ2n) is 5.07. The molecule has 0 bridgehead atoms. The summed E-state index contributed by atoms with van der Waals surface area (Å²) in [6, 6.07) is 2.22. The van der Waals surface area contributed by atoms with Gasteiger partial charge in [-0.15, -0.1) is 0 Å². The molecule has 0 saturated carbocycles. The molecule has 0 N–H and O–H groups in total. The third kappa shape index (κ3) is 3.49. The minimum absolute atomic E-state index is 0.192. The van der Waals surface area contributed by atoms with E-state index in [0.717, 1.165) is 26.0 Å². The van der Waals surface area contributed by atoms with Crippen LogP contribution in [0.4, 0.5) is 39.5 Å². The Balaban J connectivity index is 3.48. The zero-order valence-electron chi connectivity index (χ0n) is 12.6. The summed E-state index contributed by atoms with van der Waals surface area (Å²) < 4.78 is 142. The van der Waals surface area contributed by atoms with Crippen molar-refractivity contribution in [3.05, 3.63) is 27.7 Å². The number of aryl methyl sites for hydroxylation is 2. The third-order valence-electron chi connectivity index (χ3n) is 3.05. The summed E-state index contributed by atoms with van der Waals surface area (Å²) in [6.07, 6.45) is -7.14. The zero-order chi connectivity index (χ0) is 20.9. The molecular formula is C12H8BrF9O3S. The van der Waals surface area contributed by atoms with Crippen molar-refractivity contribution >= 4 is 26.0 Å². The molecule has 150 valence electrons. The third-order valence-corrected chi connectivity index (χ3v) is 4.78. The monoisotopic (exact) mass is 482 g/mol. The quantitative estimate of drug-likeness (QED) is 0.428. The second-order valence-corrected chi connectivity index (χ2v) is 7.57. The molecule has 0 aromatic heterocycles. The van der Waals surface area contributed by atoms with Crippen molar-refractivity contribution in [3.8, 4) is 5.75 Å². The van der Waals surface area contributed by atoms with Crippen molar-refractivity contribution in [3.63, 3.8) is 0 Å². The van der Waals surface area contributed by atoms with Crippen LogP contribution in [0, 0.1) is 13.8 Å². The van der Waals surface area contributed by atoms with Gasteiger partial charge in [0.15, 0.2) is 0 Å². The van der Waals surface area contributed by atoms with Gasteiger partial charge in [0.05, 0.1) is 0 Å². The summed E-state index contributed by atoms with van der Waals surface area (Å²) in [5, 5.41) is -6.90. The Hall–Kier alpha value is -1.18. The molecule has 1 aromatic rings. The van der Waals surface area contributed by atoms with E-state index in [4.69, 9.17) is 0 Å². The molecule has 0 unspecified atom stereocenters. The van der Waals surface area contributed by atoms with E-state index in [0.29, 0.717) is 4.47 Å². The summed E-state index contributed by atoms with van der Waals surface area (Å²) in [5.74, 6) is -15.6. The fourth-order valence-electron chi connectivity index (χ4n) is 1.71. The largest absolute Gasteiger partial charge is 0.460 e. The van der Waals surface area contributed by atoms with E-state index in [9.17, 15) is 47.9 Å². The van der Waals surface area contributed by atoms with Crippen LogP contribution in [-0.4, -0.2) is 31.7 Å². The molecule has 0 spiro atoms. The fraction of sp³-hybridized carbons (Fsp3) is 0.500. The number of alkyl halides is 9. The van der Waals surface area contributed by atoms with E-state index in [2.05, 4.69) is 20.1 Å². The van der Waals surface area contributed by atoms with Gasteiger partial charge in [0.1, 0.15) is 5.75 Å². The Bertz CT molecular complexity index is 780. The standard InChI is InChI=1S/C12H8BrF9O3S/c1-5-3-7(13)4-6(2)8(5)25-26(23,24)12(21,22)10(16,17)9(14,15)11(18,19)20/h3-4H,1-2H3. The van der Waals surface area contributed by atoms with Crippen LogP contribution in [0.1, 0.15) is 11.1 Å². The molecule has 1 aromatic carbocycles. The Morgan fingerprint density at radius 2 is 1.23 bits per heavy atom. The van der Waals surface area contributed by atoms with Crippen molar-refractivity contribution < 1.29 is 52.1 Å². The average Bonchev–Trinajstić information content (AvgIpc) is 2.40. The smallest absolute Gasteiger partial charge is 0.377 e. The first-order valence-corrected chi connectivity index (χ1v) is 8.40. The van der Waals surface area contributed by atoms with Crippen molar-refractivity contribution in [2.75, 3.05) is 0 Å². The highest BCUT2D eigenvalue weighted by Gasteiger charge is 2.86. The fourth-order valence-corrected chi connectivity index (χ4v) is 3.42. The average molecular weight is 483 g/mol. The minimum atomic E-state index is -7.34. The Kier molecular flexibility index (Phi) is 5.68. The molecule has 0 fully saturated rings. The lowest BCUT2D eigenvalue weighted by molar-refractivity contribution is -0.382. The van der Waals surface area contributed by atoms with Gasteiger partial charge in [-0.1, -0.05) is 15.9 Å². The van der Waals surface area contributed by atoms with Gasteiger partial charge in [-0.3, -0.25) is 0 Å². The van der Waals surface area contributed by atoms with Gasteiger partial charge >= 0.3 is 33.4 Å². The molecule has 0 heterocycles. The van der Waals surface area contributed by atoms with Crippen LogP contribution in [0.3, 0.4) is 0 Å². The second kappa shape index (κ2) is 6.46. The van der Waals surface area contributed by atoms with Gasteiger partial charge in [-0.05, 0) is 37.1 Å². The highest BCUT2D eigenvalue weighted by Crippen LogP contribution is 2.55. The Labute approximate surface area is 149 Å². The predicted molar refractivity (Wildman–Crippen MR) is 74.1 cm³/mol. The first kappa shape index (κ1) is 22.9. The molecule has 0 aliphatic heterocycles. The van der Waals surface area contributed by atoms with E-state index >= 15 is 0 Å². The molecule has 0 saturated heterocycles. The number of benzene rings is 1. The van der Waals surface area contributed by atoms with Gasteiger partial charge < -0.3 is 4.18 Å². The summed E-state index contributed by atoms with van der Waals surface area (Å²) in [6.45, 7) is 2.20. The zero-order valence-corrected chi connectivity index (χ0v) is 15.0. The first-order valence-electron chi connectivity index (χ1n) is 6.20. The van der Waals surface area contributed by atoms with Gasteiger partial charge in [-0.2, -0.15) is 47.9 Å². The highest BCUT2D eigenvalue weighted by molar-refractivity contribution is 9.10. The molecule has 26 heavy (non-hydrogen) atoms. The van der Waals surface area contributed by atoms with Gasteiger partial charge in [0.2, 0.25) is 0 Å². The maximum Gasteiger partial charge on any atom is 0.460 e. The topological polar surface area (TPSA) is 43.4 Å². The van der Waals surface area contributed by atoms with Crippen molar-refractivity contribution in [2.45, 2.75) is 37.1 Å². The SMILES string of the molecule is Cc1cc(Br)cc(C)c1OS(=O)(=O)C(F)(F)C(F)(F)C(F)(F)C(F)(F)F. The molecule has 3 nitrogen and oxygen atoms in total. The first-order chi connectivity index (χ1) is 11.3. The van der Waals surface area contributed by atoms with Crippen LogP contribution in [0.15, 0.2) is 16.6 Å². The molecule has 0 aliphatic rings. The maximum atomic E-state index is 13.6. The van der Waals surface area contributed by atoms with Crippen LogP contribution in [-0.2, 0) is 10.1 Å². The summed E-state index contributed by atoms with van der Waals surface area (Å²) in [4.78, 5) is 0. The summed E-state index contributed by atoms with van der Waals surface area (Å²) >= 11 is 2.95. The lowest BCUT2D eigenvalue weighted by atomic mass is 10.1. The lowest BCUT2D eigenvalue weighted by Gasteiger charge is -2.32. The van der Waals surface area contributed by atoms with Crippen molar-refractivity contribution in [1.82, 2.24) is 0 Å². The van der Waals surface area contributed by atoms with Gasteiger partial charge in [-0.25, -0.2) is 0 Å². The Morgan fingerprint density at radius 3 is 1.58 bits per heavy atom. The maximum absolute atomic E-state index is 13.6. The highest BCUT2D eigenvalue weighted by atomic mass is 79.9. The van der Waals surface area contributed by atoms with Gasteiger partial charge in [0.25, 0.3) is 0 Å². The van der Waals surface area contributed by atoms with E-state index in [1.165, 1.54) is 0 Å². The molecule has 14 heteroatoms. The van der Waals surface area contributed by atoms with Crippen LogP contribution in [0.2, 0.25) is 0 Å². The van der Waals surface area contributed by atoms with Crippen LogP contribution in [0.25, 0.3) is 0 Å². The number of rotatable bonds is 5. The molecular weight excluding hydrogens is 475 g/mol. The predicted octanol–water partition coefficient (Wildman–Crippen LogP) is 5.20. The normalized spacial score (nSPS) is 14.5. The van der Waals surface area contributed by atoms with E-state index in [-0.39, 0.29) is 11.1 Å². The van der Waals surface area contributed by atoms with Gasteiger partial charge in [0, 0.05) is 4.47 Å². The van der Waals surface area contributed by atoms with Crippen molar-refractivity contribution in [1.29, 1.82) is 0 Å². The number of hydrogen-bond donors (Lipinski definition) is 0. The Morgan fingerprint density at radius 1 is 0.846 bits per heavy atom. The molecule has 1 rings (SSSR count). The summed E-state index contributed by atoms with van der Waals surface area (Å²) in [7, 11) is -6.95. The molecule has 0 aliphatic carbocycles. The van der Waals surface area contributed by atoms with Crippen LogP contribution in [0.5, 0.6) is 5.75 Å². The van der Waals surface area contributed by atoms with Crippen LogP contribution >= 0.6 is 15.9 Å². The van der Waals surface area contributed by atoms with Crippen molar-refractivity contribution in [2.24, 2.45) is 0 Å².